The van der Waals surface area contributed by atoms with Gasteiger partial charge in [-0.3, -0.25) is 9.69 Å². The second-order valence-electron chi connectivity index (χ2n) is 8.59. The fourth-order valence-corrected chi connectivity index (χ4v) is 4.82. The SMILES string of the molecule is O=C(NCc1ccc(CN2CCCCCC2)cc1)C1CC12CCNCC2. The highest BCUT2D eigenvalue weighted by atomic mass is 16.2. The average molecular weight is 356 g/mol. The van der Waals surface area contributed by atoms with Gasteiger partial charge in [-0.25, -0.2) is 0 Å². The van der Waals surface area contributed by atoms with Crippen molar-refractivity contribution in [3.63, 3.8) is 0 Å². The summed E-state index contributed by atoms with van der Waals surface area (Å²) in [4.78, 5) is 15.1. The number of benzene rings is 1. The minimum absolute atomic E-state index is 0.256. The van der Waals surface area contributed by atoms with Crippen LogP contribution in [0.3, 0.4) is 0 Å². The number of carbonyl (C=O) groups excluding carboxylic acids is 1. The molecule has 1 aliphatic carbocycles. The van der Waals surface area contributed by atoms with E-state index >= 15 is 0 Å². The lowest BCUT2D eigenvalue weighted by Gasteiger charge is -2.23. The molecule has 4 nitrogen and oxygen atoms in total. The van der Waals surface area contributed by atoms with Gasteiger partial charge in [0.2, 0.25) is 5.91 Å². The lowest BCUT2D eigenvalue weighted by atomic mass is 9.92. The second-order valence-corrected chi connectivity index (χ2v) is 8.59. The van der Waals surface area contributed by atoms with Crippen molar-refractivity contribution in [2.75, 3.05) is 26.2 Å². The van der Waals surface area contributed by atoms with Crippen molar-refractivity contribution in [1.82, 2.24) is 15.5 Å². The first-order chi connectivity index (χ1) is 12.8. The van der Waals surface area contributed by atoms with Crippen LogP contribution in [0.5, 0.6) is 0 Å². The van der Waals surface area contributed by atoms with E-state index in [1.165, 1.54) is 49.9 Å². The first kappa shape index (κ1) is 18.0. The molecule has 1 spiro atoms. The standard InChI is InChI=1S/C22H33N3O/c26-21(20-15-22(20)9-11-23-12-10-22)24-16-18-5-7-19(8-6-18)17-25-13-3-1-2-4-14-25/h5-8,20,23H,1-4,9-17H2,(H,24,26). The molecule has 26 heavy (non-hydrogen) atoms. The molecule has 2 N–H and O–H groups in total. The number of rotatable bonds is 5. The Labute approximate surface area is 157 Å². The molecule has 1 saturated carbocycles. The molecule has 1 amide bonds. The third-order valence-electron chi connectivity index (χ3n) is 6.70. The number of nitrogens with one attached hydrogen (secondary N) is 2. The summed E-state index contributed by atoms with van der Waals surface area (Å²) in [6.45, 7) is 6.33. The van der Waals surface area contributed by atoms with Crippen LogP contribution in [0, 0.1) is 11.3 Å². The number of piperidine rings is 1. The topological polar surface area (TPSA) is 44.4 Å². The van der Waals surface area contributed by atoms with E-state index in [-0.39, 0.29) is 11.8 Å². The molecular weight excluding hydrogens is 322 g/mol. The van der Waals surface area contributed by atoms with E-state index in [2.05, 4.69) is 39.8 Å². The fourth-order valence-electron chi connectivity index (χ4n) is 4.82. The zero-order chi connectivity index (χ0) is 17.8. The highest BCUT2D eigenvalue weighted by Crippen LogP contribution is 2.58. The summed E-state index contributed by atoms with van der Waals surface area (Å²) in [5, 5.41) is 6.57. The third kappa shape index (κ3) is 4.29. The van der Waals surface area contributed by atoms with Crippen LogP contribution >= 0.6 is 0 Å². The Bertz CT molecular complexity index is 598. The molecule has 3 fully saturated rings. The van der Waals surface area contributed by atoms with Crippen LogP contribution in [0.25, 0.3) is 0 Å². The summed E-state index contributed by atoms with van der Waals surface area (Å²) in [5.74, 6) is 0.521. The molecule has 1 atom stereocenters. The lowest BCUT2D eigenvalue weighted by molar-refractivity contribution is -0.123. The van der Waals surface area contributed by atoms with Gasteiger partial charge in [0.15, 0.2) is 0 Å². The molecular formula is C22H33N3O. The molecule has 0 bridgehead atoms. The van der Waals surface area contributed by atoms with E-state index in [4.69, 9.17) is 0 Å². The van der Waals surface area contributed by atoms with E-state index in [0.29, 0.717) is 12.0 Å². The summed E-state index contributed by atoms with van der Waals surface area (Å²) in [5.41, 5.74) is 2.92. The number of hydrogen-bond acceptors (Lipinski definition) is 3. The summed E-state index contributed by atoms with van der Waals surface area (Å²) < 4.78 is 0. The van der Waals surface area contributed by atoms with E-state index in [0.717, 1.165) is 38.9 Å². The molecule has 1 unspecified atom stereocenters. The molecule has 2 aliphatic heterocycles. The monoisotopic (exact) mass is 355 g/mol. The van der Waals surface area contributed by atoms with Gasteiger partial charge in [0.25, 0.3) is 0 Å². The summed E-state index contributed by atoms with van der Waals surface area (Å²) in [7, 11) is 0. The molecule has 142 valence electrons. The van der Waals surface area contributed by atoms with Gasteiger partial charge in [-0.05, 0) is 74.8 Å². The maximum atomic E-state index is 12.5. The number of amides is 1. The summed E-state index contributed by atoms with van der Waals surface area (Å²) >= 11 is 0. The van der Waals surface area contributed by atoms with Gasteiger partial charge in [-0.2, -0.15) is 0 Å². The van der Waals surface area contributed by atoms with Crippen molar-refractivity contribution < 1.29 is 4.79 Å². The van der Waals surface area contributed by atoms with Crippen molar-refractivity contribution in [3.8, 4) is 0 Å². The molecule has 4 heteroatoms. The van der Waals surface area contributed by atoms with Gasteiger partial charge < -0.3 is 10.6 Å². The lowest BCUT2D eigenvalue weighted by Crippen LogP contribution is -2.33. The van der Waals surface area contributed by atoms with Gasteiger partial charge in [0, 0.05) is 19.0 Å². The third-order valence-corrected chi connectivity index (χ3v) is 6.70. The minimum Gasteiger partial charge on any atom is -0.352 e. The largest absolute Gasteiger partial charge is 0.352 e. The Hall–Kier alpha value is -1.39. The van der Waals surface area contributed by atoms with Crippen LogP contribution in [0.15, 0.2) is 24.3 Å². The highest BCUT2D eigenvalue weighted by molar-refractivity contribution is 5.82. The maximum absolute atomic E-state index is 12.5. The van der Waals surface area contributed by atoms with Crippen LogP contribution in [-0.2, 0) is 17.9 Å². The molecule has 4 rings (SSSR count). The predicted octanol–water partition coefficient (Wildman–Crippen LogP) is 3.07. The zero-order valence-corrected chi connectivity index (χ0v) is 15.9. The number of hydrogen-bond donors (Lipinski definition) is 2. The fraction of sp³-hybridized carbons (Fsp3) is 0.682. The quantitative estimate of drug-likeness (QED) is 0.853. The molecule has 2 saturated heterocycles. The van der Waals surface area contributed by atoms with Crippen LogP contribution in [0.1, 0.15) is 56.1 Å². The second kappa shape index (κ2) is 8.10. The molecule has 2 heterocycles. The zero-order valence-electron chi connectivity index (χ0n) is 15.9. The first-order valence-corrected chi connectivity index (χ1v) is 10.5. The van der Waals surface area contributed by atoms with Crippen LogP contribution in [-0.4, -0.2) is 37.0 Å². The Kier molecular flexibility index (Phi) is 5.60. The number of nitrogens with zero attached hydrogens (tertiary/aromatic N) is 1. The van der Waals surface area contributed by atoms with Gasteiger partial charge in [0.1, 0.15) is 0 Å². The van der Waals surface area contributed by atoms with Crippen molar-refractivity contribution in [3.05, 3.63) is 35.4 Å². The Morgan fingerprint density at radius 3 is 2.38 bits per heavy atom. The Morgan fingerprint density at radius 1 is 1.04 bits per heavy atom. The van der Waals surface area contributed by atoms with E-state index in [1.54, 1.807) is 0 Å². The molecule has 1 aromatic carbocycles. The minimum atomic E-state index is 0.256. The highest BCUT2D eigenvalue weighted by Gasteiger charge is 2.57. The van der Waals surface area contributed by atoms with E-state index in [1.807, 2.05) is 0 Å². The van der Waals surface area contributed by atoms with Crippen LogP contribution in [0.4, 0.5) is 0 Å². The predicted molar refractivity (Wildman–Crippen MR) is 105 cm³/mol. The van der Waals surface area contributed by atoms with Crippen LogP contribution < -0.4 is 10.6 Å². The van der Waals surface area contributed by atoms with E-state index in [9.17, 15) is 4.79 Å². The van der Waals surface area contributed by atoms with Gasteiger partial charge in [0.05, 0.1) is 0 Å². The van der Waals surface area contributed by atoms with Gasteiger partial charge in [-0.15, -0.1) is 0 Å². The number of likely N-dealkylation sites (tertiary alicyclic amines) is 1. The average Bonchev–Trinajstić information content (AvgIpc) is 3.42. The van der Waals surface area contributed by atoms with Crippen molar-refractivity contribution in [2.24, 2.45) is 11.3 Å². The van der Waals surface area contributed by atoms with Gasteiger partial charge >= 0.3 is 0 Å². The first-order valence-electron chi connectivity index (χ1n) is 10.5. The summed E-state index contributed by atoms with van der Waals surface area (Å²) in [6, 6.07) is 8.83. The molecule has 0 aromatic heterocycles. The molecule has 0 radical (unpaired) electrons. The van der Waals surface area contributed by atoms with Crippen molar-refractivity contribution >= 4 is 5.91 Å². The molecule has 1 aromatic rings. The Balaban J connectivity index is 1.23. The smallest absolute Gasteiger partial charge is 0.223 e. The van der Waals surface area contributed by atoms with Crippen LogP contribution in [0.2, 0.25) is 0 Å². The van der Waals surface area contributed by atoms with E-state index < -0.39 is 0 Å². The Morgan fingerprint density at radius 2 is 1.69 bits per heavy atom. The molecule has 3 aliphatic rings. The summed E-state index contributed by atoms with van der Waals surface area (Å²) in [6.07, 6.45) is 8.86. The van der Waals surface area contributed by atoms with Gasteiger partial charge in [-0.1, -0.05) is 37.1 Å². The normalized spacial score (nSPS) is 25.6. The van der Waals surface area contributed by atoms with Crippen molar-refractivity contribution in [2.45, 2.75) is 58.0 Å². The maximum Gasteiger partial charge on any atom is 0.223 e. The number of carbonyl (C=O) groups is 1. The van der Waals surface area contributed by atoms with Crippen molar-refractivity contribution in [1.29, 1.82) is 0 Å².